The smallest absolute Gasteiger partial charge is 0.140 e. The minimum absolute atomic E-state index is 0.111. The molecule has 0 aromatic carbocycles. The van der Waals surface area contributed by atoms with Crippen LogP contribution in [0.25, 0.3) is 0 Å². The zero-order valence-corrected chi connectivity index (χ0v) is 6.67. The summed E-state index contributed by atoms with van der Waals surface area (Å²) in [6.45, 7) is 1.39. The molecule has 0 aromatic heterocycles. The van der Waals surface area contributed by atoms with Crippen LogP contribution in [0.2, 0.25) is 0 Å². The van der Waals surface area contributed by atoms with Crippen molar-refractivity contribution in [2.45, 2.75) is 6.92 Å². The Morgan fingerprint density at radius 1 is 1.90 bits per heavy atom. The lowest BCUT2D eigenvalue weighted by molar-refractivity contribution is -0.195. The van der Waals surface area contributed by atoms with E-state index < -0.39 is 7.60 Å². The van der Waals surface area contributed by atoms with Crippen LogP contribution in [-0.4, -0.2) is 24.2 Å². The molecule has 6 heteroatoms. The van der Waals surface area contributed by atoms with E-state index in [0.29, 0.717) is 0 Å². The van der Waals surface area contributed by atoms with Crippen LogP contribution in [0.4, 0.5) is 0 Å². The lowest BCUT2D eigenvalue weighted by atomic mass is 10.5. The Kier molecular flexibility index (Phi) is 3.57. The number of hydrogen-bond acceptors (Lipinski definition) is 5. The summed E-state index contributed by atoms with van der Waals surface area (Å²) < 4.78 is 14.7. The highest BCUT2D eigenvalue weighted by molar-refractivity contribution is 7.52. The maximum atomic E-state index is 10.6. The number of rotatable bonds is 3. The summed E-state index contributed by atoms with van der Waals surface area (Å²) in [5, 5.41) is 10.8. The minimum atomic E-state index is -3.79. The number of nitrogens with zero attached hydrogens (tertiary/aromatic N) is 1. The van der Waals surface area contributed by atoms with Crippen LogP contribution >= 0.6 is 7.60 Å². The van der Waals surface area contributed by atoms with E-state index in [9.17, 15) is 9.46 Å². The van der Waals surface area contributed by atoms with Crippen molar-refractivity contribution < 1.29 is 19.2 Å². The third kappa shape index (κ3) is 3.61. The van der Waals surface area contributed by atoms with Gasteiger partial charge in [0.05, 0.1) is 11.9 Å². The van der Waals surface area contributed by atoms with Gasteiger partial charge in [0.2, 0.25) is 0 Å². The van der Waals surface area contributed by atoms with Gasteiger partial charge in [-0.05, 0) is 6.92 Å². The Bertz CT molecular complexity index is 178. The molecule has 0 aliphatic rings. The maximum Gasteiger partial charge on any atom is 0.140 e. The van der Waals surface area contributed by atoms with Crippen molar-refractivity contribution in [1.29, 1.82) is 0 Å². The Morgan fingerprint density at radius 2 is 2.40 bits per heavy atom. The van der Waals surface area contributed by atoms with Gasteiger partial charge in [-0.2, -0.15) is 0 Å². The molecular formula is C4H9NO4P-. The van der Waals surface area contributed by atoms with Gasteiger partial charge in [0.25, 0.3) is 0 Å². The van der Waals surface area contributed by atoms with Crippen LogP contribution in [0, 0.1) is 0 Å². The Morgan fingerprint density at radius 3 is 2.70 bits per heavy atom. The van der Waals surface area contributed by atoms with Gasteiger partial charge in [0, 0.05) is 7.11 Å². The Balaban J connectivity index is 4.02. The van der Waals surface area contributed by atoms with Gasteiger partial charge >= 0.3 is 0 Å². The molecule has 0 amide bonds. The maximum absolute atomic E-state index is 10.6. The molecule has 0 fully saturated rings. The molecule has 1 unspecified atom stereocenters. The van der Waals surface area contributed by atoms with Gasteiger partial charge in [0.15, 0.2) is 0 Å². The van der Waals surface area contributed by atoms with Crippen LogP contribution in [0.3, 0.4) is 0 Å². The van der Waals surface area contributed by atoms with Crippen molar-refractivity contribution in [2.75, 3.05) is 13.3 Å². The average Bonchev–Trinajstić information content (AvgIpc) is 1.87. The standard InChI is InChI=1S/C4H10NO4P/c1-4(5-6)3-10(7,8)9-2/h6H,3H2,1-2H3,(H,7,8)/p-1. The zero-order valence-electron chi connectivity index (χ0n) is 5.77. The first-order chi connectivity index (χ1) is 4.52. The fraction of sp³-hybridized carbons (Fsp3) is 0.750. The van der Waals surface area contributed by atoms with E-state index >= 15 is 0 Å². The second-order valence-electron chi connectivity index (χ2n) is 1.79. The van der Waals surface area contributed by atoms with Crippen molar-refractivity contribution in [3.63, 3.8) is 0 Å². The molecule has 0 aromatic rings. The highest BCUT2D eigenvalue weighted by Crippen LogP contribution is 2.34. The molecule has 0 radical (unpaired) electrons. The molecule has 60 valence electrons. The van der Waals surface area contributed by atoms with Crippen molar-refractivity contribution >= 4 is 13.3 Å². The second-order valence-corrected chi connectivity index (χ2v) is 3.69. The average molecular weight is 166 g/mol. The lowest BCUT2D eigenvalue weighted by Gasteiger charge is -2.19. The van der Waals surface area contributed by atoms with Crippen LogP contribution in [0.15, 0.2) is 5.16 Å². The van der Waals surface area contributed by atoms with Crippen LogP contribution in [0.1, 0.15) is 6.92 Å². The van der Waals surface area contributed by atoms with E-state index in [0.717, 1.165) is 7.11 Å². The molecular weight excluding hydrogens is 157 g/mol. The van der Waals surface area contributed by atoms with Gasteiger partial charge in [-0.25, -0.2) is 0 Å². The largest absolute Gasteiger partial charge is 0.778 e. The summed E-state index contributed by atoms with van der Waals surface area (Å²) >= 11 is 0. The van der Waals surface area contributed by atoms with Crippen LogP contribution < -0.4 is 4.89 Å². The normalized spacial score (nSPS) is 18.5. The Hall–Kier alpha value is -0.380. The molecule has 0 aliphatic carbocycles. The SMILES string of the molecule is COP(=O)([O-])CC(C)=NO. The number of hydrogen-bond donors (Lipinski definition) is 1. The molecule has 0 aliphatic heterocycles. The molecule has 0 bridgehead atoms. The lowest BCUT2D eigenvalue weighted by Crippen LogP contribution is -2.11. The first-order valence-electron chi connectivity index (χ1n) is 2.55. The summed E-state index contributed by atoms with van der Waals surface area (Å²) in [6, 6.07) is 0. The first kappa shape index (κ1) is 9.62. The molecule has 5 nitrogen and oxygen atoms in total. The van der Waals surface area contributed by atoms with Crippen molar-refractivity contribution in [1.82, 2.24) is 0 Å². The van der Waals surface area contributed by atoms with Crippen LogP contribution in [-0.2, 0) is 9.09 Å². The van der Waals surface area contributed by atoms with Crippen molar-refractivity contribution in [2.24, 2.45) is 5.16 Å². The molecule has 1 atom stereocenters. The van der Waals surface area contributed by atoms with E-state index in [1.165, 1.54) is 6.92 Å². The highest BCUT2D eigenvalue weighted by atomic mass is 31.2. The van der Waals surface area contributed by atoms with Crippen molar-refractivity contribution in [3.05, 3.63) is 0 Å². The molecule has 0 spiro atoms. The monoisotopic (exact) mass is 166 g/mol. The molecule has 10 heavy (non-hydrogen) atoms. The fourth-order valence-electron chi connectivity index (χ4n) is 0.376. The van der Waals surface area contributed by atoms with E-state index in [1.54, 1.807) is 0 Å². The van der Waals surface area contributed by atoms with Crippen LogP contribution in [0.5, 0.6) is 0 Å². The summed E-state index contributed by atoms with van der Waals surface area (Å²) in [6.07, 6.45) is -0.347. The minimum Gasteiger partial charge on any atom is -0.778 e. The summed E-state index contributed by atoms with van der Waals surface area (Å²) in [5.74, 6) is 0. The Labute approximate surface area is 58.8 Å². The molecule has 1 N–H and O–H groups in total. The van der Waals surface area contributed by atoms with E-state index in [-0.39, 0.29) is 11.9 Å². The van der Waals surface area contributed by atoms with Crippen molar-refractivity contribution in [3.8, 4) is 0 Å². The molecule has 0 saturated heterocycles. The first-order valence-corrected chi connectivity index (χ1v) is 4.28. The number of oxime groups is 1. The van der Waals surface area contributed by atoms with Gasteiger partial charge in [0.1, 0.15) is 7.60 Å². The summed E-state index contributed by atoms with van der Waals surface area (Å²) in [4.78, 5) is 10.6. The van der Waals surface area contributed by atoms with E-state index in [2.05, 4.69) is 9.68 Å². The van der Waals surface area contributed by atoms with Gasteiger partial charge < -0.3 is 19.2 Å². The molecule has 0 saturated carbocycles. The third-order valence-electron chi connectivity index (χ3n) is 0.871. The quantitative estimate of drug-likeness (QED) is 0.277. The predicted molar refractivity (Wildman–Crippen MR) is 34.4 cm³/mol. The van der Waals surface area contributed by atoms with Gasteiger partial charge in [-0.15, -0.1) is 0 Å². The van der Waals surface area contributed by atoms with E-state index in [1.807, 2.05) is 0 Å². The second kappa shape index (κ2) is 3.71. The van der Waals surface area contributed by atoms with Gasteiger partial charge in [-0.3, -0.25) is 0 Å². The molecule has 0 rings (SSSR count). The summed E-state index contributed by atoms with van der Waals surface area (Å²) in [7, 11) is -2.72. The highest BCUT2D eigenvalue weighted by Gasteiger charge is 2.07. The fourth-order valence-corrected chi connectivity index (χ4v) is 1.13. The summed E-state index contributed by atoms with van der Waals surface area (Å²) in [5.41, 5.74) is 0.111. The predicted octanol–water partition coefficient (Wildman–Crippen LogP) is 0.0363. The topological polar surface area (TPSA) is 82.0 Å². The zero-order chi connectivity index (χ0) is 8.20. The third-order valence-corrected chi connectivity index (χ3v) is 2.27. The van der Waals surface area contributed by atoms with Gasteiger partial charge in [-0.1, -0.05) is 5.16 Å². The van der Waals surface area contributed by atoms with E-state index in [4.69, 9.17) is 5.21 Å². The molecule has 0 heterocycles.